The maximum absolute atomic E-state index is 13.5. The monoisotopic (exact) mass is 417 g/mol. The third-order valence-corrected chi connectivity index (χ3v) is 7.23. The lowest BCUT2D eigenvalue weighted by Crippen LogP contribution is -2.43. The van der Waals surface area contributed by atoms with E-state index in [2.05, 4.69) is 10.2 Å². The number of anilines is 1. The van der Waals surface area contributed by atoms with Gasteiger partial charge in [-0.1, -0.05) is 17.7 Å². The smallest absolute Gasteiger partial charge is 0.208 e. The lowest BCUT2D eigenvalue weighted by atomic mass is 10.2. The van der Waals surface area contributed by atoms with Crippen LogP contribution in [0.1, 0.15) is 19.9 Å². The molecule has 0 radical (unpaired) electrons. The molecule has 0 amide bonds. The van der Waals surface area contributed by atoms with Crippen molar-refractivity contribution in [3.63, 3.8) is 0 Å². The number of nitrogens with one attached hydrogen (secondary N) is 1. The SMILES string of the molecule is CC(C)n1cc(S(=O)(=O)c2cccc(N3CCNCC3)c2)c2cc(Cl)ccc21. The predicted molar refractivity (Wildman–Crippen MR) is 114 cm³/mol. The number of aromatic nitrogens is 1. The number of rotatable bonds is 4. The van der Waals surface area contributed by atoms with Gasteiger partial charge in [-0.15, -0.1) is 0 Å². The topological polar surface area (TPSA) is 54.3 Å². The maximum atomic E-state index is 13.5. The zero-order valence-electron chi connectivity index (χ0n) is 16.0. The van der Waals surface area contributed by atoms with Gasteiger partial charge < -0.3 is 14.8 Å². The molecule has 1 N–H and O–H groups in total. The number of piperazine rings is 1. The summed E-state index contributed by atoms with van der Waals surface area (Å²) in [7, 11) is -3.68. The molecule has 7 heteroatoms. The summed E-state index contributed by atoms with van der Waals surface area (Å²) in [4.78, 5) is 2.83. The molecule has 1 fully saturated rings. The van der Waals surface area contributed by atoms with Crippen molar-refractivity contribution in [3.8, 4) is 0 Å². The second-order valence-corrected chi connectivity index (χ2v) is 9.75. The summed E-state index contributed by atoms with van der Waals surface area (Å²) >= 11 is 6.19. The second kappa shape index (κ2) is 7.43. The molecule has 1 aliphatic heterocycles. The van der Waals surface area contributed by atoms with Crippen molar-refractivity contribution in [3.05, 3.63) is 53.7 Å². The van der Waals surface area contributed by atoms with Crippen molar-refractivity contribution in [1.82, 2.24) is 9.88 Å². The molecule has 5 nitrogen and oxygen atoms in total. The Balaban J connectivity index is 1.84. The number of fused-ring (bicyclic) bond motifs is 1. The molecule has 1 aromatic heterocycles. The molecule has 1 aliphatic rings. The van der Waals surface area contributed by atoms with E-state index in [0.29, 0.717) is 20.2 Å². The Morgan fingerprint density at radius 1 is 1.07 bits per heavy atom. The van der Waals surface area contributed by atoms with Crippen LogP contribution in [-0.2, 0) is 9.84 Å². The summed E-state index contributed by atoms with van der Waals surface area (Å²) in [6.07, 6.45) is 1.73. The van der Waals surface area contributed by atoms with Gasteiger partial charge in [0.1, 0.15) is 0 Å². The lowest BCUT2D eigenvalue weighted by Gasteiger charge is -2.29. The summed E-state index contributed by atoms with van der Waals surface area (Å²) < 4.78 is 29.1. The Morgan fingerprint density at radius 3 is 2.54 bits per heavy atom. The van der Waals surface area contributed by atoms with Crippen molar-refractivity contribution in [1.29, 1.82) is 0 Å². The number of nitrogens with zero attached hydrogens (tertiary/aromatic N) is 2. The molecule has 0 unspecified atom stereocenters. The normalized spacial score (nSPS) is 15.5. The molecule has 0 saturated carbocycles. The third-order valence-electron chi connectivity index (χ3n) is 5.21. The van der Waals surface area contributed by atoms with Crippen LogP contribution < -0.4 is 10.2 Å². The molecular formula is C21H24ClN3O2S. The van der Waals surface area contributed by atoms with Gasteiger partial charge in [-0.05, 0) is 50.2 Å². The zero-order chi connectivity index (χ0) is 19.9. The van der Waals surface area contributed by atoms with Crippen molar-refractivity contribution < 1.29 is 8.42 Å². The van der Waals surface area contributed by atoms with Crippen LogP contribution in [0.25, 0.3) is 10.9 Å². The third kappa shape index (κ3) is 3.41. The van der Waals surface area contributed by atoms with E-state index in [4.69, 9.17) is 11.6 Å². The van der Waals surface area contributed by atoms with E-state index in [1.54, 1.807) is 30.5 Å². The lowest BCUT2D eigenvalue weighted by molar-refractivity contribution is 0.587. The molecular weight excluding hydrogens is 394 g/mol. The van der Waals surface area contributed by atoms with Crippen molar-refractivity contribution in [2.75, 3.05) is 31.1 Å². The van der Waals surface area contributed by atoms with Gasteiger partial charge in [0.25, 0.3) is 0 Å². The standard InChI is InChI=1S/C21H24ClN3O2S/c1-15(2)25-14-21(19-12-16(22)6-7-20(19)25)28(26,27)18-5-3-4-17(13-18)24-10-8-23-9-11-24/h3-7,12-15,23H,8-11H2,1-2H3. The zero-order valence-corrected chi connectivity index (χ0v) is 17.6. The number of hydrogen-bond acceptors (Lipinski definition) is 4. The molecule has 3 aromatic rings. The summed E-state index contributed by atoms with van der Waals surface area (Å²) in [5, 5.41) is 4.51. The fourth-order valence-corrected chi connectivity index (χ4v) is 5.40. The van der Waals surface area contributed by atoms with Crippen LogP contribution in [0.5, 0.6) is 0 Å². The fraction of sp³-hybridized carbons (Fsp3) is 0.333. The van der Waals surface area contributed by atoms with E-state index in [1.807, 2.05) is 36.6 Å². The molecule has 0 bridgehead atoms. The maximum Gasteiger partial charge on any atom is 0.208 e. The highest BCUT2D eigenvalue weighted by Crippen LogP contribution is 2.34. The van der Waals surface area contributed by atoms with Crippen LogP contribution in [0.2, 0.25) is 5.02 Å². The number of halogens is 1. The van der Waals surface area contributed by atoms with Crippen LogP contribution in [0.3, 0.4) is 0 Å². The molecule has 0 spiro atoms. The van der Waals surface area contributed by atoms with E-state index >= 15 is 0 Å². The largest absolute Gasteiger partial charge is 0.369 e. The van der Waals surface area contributed by atoms with Gasteiger partial charge in [0.05, 0.1) is 9.79 Å². The van der Waals surface area contributed by atoms with Gasteiger partial charge in [0.2, 0.25) is 9.84 Å². The first-order chi connectivity index (χ1) is 13.4. The molecule has 1 saturated heterocycles. The Kier molecular flexibility index (Phi) is 5.12. The van der Waals surface area contributed by atoms with Crippen molar-refractivity contribution in [2.45, 2.75) is 29.7 Å². The highest BCUT2D eigenvalue weighted by atomic mass is 35.5. The van der Waals surface area contributed by atoms with Gasteiger partial charge >= 0.3 is 0 Å². The van der Waals surface area contributed by atoms with Crippen LogP contribution in [0.4, 0.5) is 5.69 Å². The minimum atomic E-state index is -3.68. The molecule has 0 atom stereocenters. The average molecular weight is 418 g/mol. The highest BCUT2D eigenvalue weighted by molar-refractivity contribution is 7.91. The molecule has 2 aromatic carbocycles. The Labute approximate surface area is 170 Å². The average Bonchev–Trinajstić information content (AvgIpc) is 3.08. The van der Waals surface area contributed by atoms with Crippen LogP contribution in [-0.4, -0.2) is 39.2 Å². The first-order valence-corrected chi connectivity index (χ1v) is 11.3. The molecule has 4 rings (SSSR count). The van der Waals surface area contributed by atoms with Crippen molar-refractivity contribution >= 4 is 38.0 Å². The molecule has 148 valence electrons. The first-order valence-electron chi connectivity index (χ1n) is 9.49. The van der Waals surface area contributed by atoms with Gasteiger partial charge in [0.15, 0.2) is 0 Å². The quantitative estimate of drug-likeness (QED) is 0.693. The first kappa shape index (κ1) is 19.3. The molecule has 0 aliphatic carbocycles. The summed E-state index contributed by atoms with van der Waals surface area (Å²) in [6, 6.07) is 12.8. The van der Waals surface area contributed by atoms with E-state index in [9.17, 15) is 8.42 Å². The van der Waals surface area contributed by atoms with Gasteiger partial charge in [-0.3, -0.25) is 0 Å². The van der Waals surface area contributed by atoms with E-state index in [1.165, 1.54) is 0 Å². The van der Waals surface area contributed by atoms with Crippen LogP contribution in [0, 0.1) is 0 Å². The Hall–Kier alpha value is -2.02. The number of benzene rings is 2. The van der Waals surface area contributed by atoms with E-state index in [-0.39, 0.29) is 6.04 Å². The van der Waals surface area contributed by atoms with Crippen molar-refractivity contribution in [2.24, 2.45) is 0 Å². The Morgan fingerprint density at radius 2 is 1.82 bits per heavy atom. The minimum Gasteiger partial charge on any atom is -0.369 e. The predicted octanol–water partition coefficient (Wildman–Crippen LogP) is 4.12. The van der Waals surface area contributed by atoms with E-state index < -0.39 is 9.84 Å². The summed E-state index contributed by atoms with van der Waals surface area (Å²) in [5.74, 6) is 0. The van der Waals surface area contributed by atoms with E-state index in [0.717, 1.165) is 37.4 Å². The molecule has 28 heavy (non-hydrogen) atoms. The van der Waals surface area contributed by atoms with Gasteiger partial charge in [0, 0.05) is 60.0 Å². The van der Waals surface area contributed by atoms with Crippen LogP contribution >= 0.6 is 11.6 Å². The fourth-order valence-electron chi connectivity index (χ4n) is 3.73. The van der Waals surface area contributed by atoms with Gasteiger partial charge in [-0.2, -0.15) is 0 Å². The minimum absolute atomic E-state index is 0.139. The number of hydrogen-bond donors (Lipinski definition) is 1. The molecule has 2 heterocycles. The number of sulfone groups is 1. The van der Waals surface area contributed by atoms with Gasteiger partial charge in [-0.25, -0.2) is 8.42 Å². The van der Waals surface area contributed by atoms with Crippen LogP contribution in [0.15, 0.2) is 58.5 Å². The summed E-state index contributed by atoms with van der Waals surface area (Å²) in [6.45, 7) is 7.61. The Bertz CT molecular complexity index is 1120. The summed E-state index contributed by atoms with van der Waals surface area (Å²) in [5.41, 5.74) is 1.81. The second-order valence-electron chi connectivity index (χ2n) is 7.39. The highest BCUT2D eigenvalue weighted by Gasteiger charge is 2.25.